The SMILES string of the molecule is COCCOCCOCCOC(=O)c1cc(C)cc(N)c1. The summed E-state index contributed by atoms with van der Waals surface area (Å²) in [6.45, 7) is 4.47. The van der Waals surface area contributed by atoms with E-state index in [-0.39, 0.29) is 6.61 Å². The van der Waals surface area contributed by atoms with Gasteiger partial charge in [0.25, 0.3) is 0 Å². The van der Waals surface area contributed by atoms with Crippen LogP contribution in [-0.2, 0) is 18.9 Å². The molecule has 0 aromatic heterocycles. The first-order valence-corrected chi connectivity index (χ1v) is 6.82. The Balaban J connectivity index is 2.11. The molecule has 0 aliphatic heterocycles. The van der Waals surface area contributed by atoms with Crippen molar-refractivity contribution in [2.45, 2.75) is 6.92 Å². The average molecular weight is 297 g/mol. The predicted molar refractivity (Wildman–Crippen MR) is 79.4 cm³/mol. The Labute approximate surface area is 125 Å². The number of carbonyl (C=O) groups is 1. The lowest BCUT2D eigenvalue weighted by molar-refractivity contribution is 0.00570. The van der Waals surface area contributed by atoms with Crippen LogP contribution in [0.2, 0.25) is 0 Å². The Morgan fingerprint density at radius 1 is 1.00 bits per heavy atom. The second-order valence-corrected chi connectivity index (χ2v) is 4.49. The van der Waals surface area contributed by atoms with Crippen LogP contribution in [0.3, 0.4) is 0 Å². The number of hydrogen-bond donors (Lipinski definition) is 1. The van der Waals surface area contributed by atoms with Gasteiger partial charge in [-0.3, -0.25) is 0 Å². The highest BCUT2D eigenvalue weighted by Gasteiger charge is 2.08. The number of hydrogen-bond acceptors (Lipinski definition) is 6. The molecule has 0 radical (unpaired) electrons. The quantitative estimate of drug-likeness (QED) is 0.399. The summed E-state index contributed by atoms with van der Waals surface area (Å²) in [4.78, 5) is 11.8. The van der Waals surface area contributed by atoms with E-state index >= 15 is 0 Å². The van der Waals surface area contributed by atoms with Crippen molar-refractivity contribution in [3.63, 3.8) is 0 Å². The Hall–Kier alpha value is -1.63. The van der Waals surface area contributed by atoms with E-state index in [2.05, 4.69) is 0 Å². The van der Waals surface area contributed by atoms with Crippen molar-refractivity contribution in [2.75, 3.05) is 52.5 Å². The first-order chi connectivity index (χ1) is 10.1. The molecule has 2 N–H and O–H groups in total. The molecule has 0 unspecified atom stereocenters. The molecular weight excluding hydrogens is 274 g/mol. The van der Waals surface area contributed by atoms with Gasteiger partial charge in [-0.1, -0.05) is 0 Å². The maximum Gasteiger partial charge on any atom is 0.338 e. The lowest BCUT2D eigenvalue weighted by Gasteiger charge is -2.08. The van der Waals surface area contributed by atoms with Crippen molar-refractivity contribution in [2.24, 2.45) is 0 Å². The Kier molecular flexibility index (Phi) is 8.42. The van der Waals surface area contributed by atoms with Gasteiger partial charge in [-0.2, -0.15) is 0 Å². The molecule has 0 aliphatic carbocycles. The molecule has 21 heavy (non-hydrogen) atoms. The van der Waals surface area contributed by atoms with Gasteiger partial charge in [-0.25, -0.2) is 4.79 Å². The van der Waals surface area contributed by atoms with Crippen molar-refractivity contribution in [1.82, 2.24) is 0 Å². The zero-order valence-corrected chi connectivity index (χ0v) is 12.6. The average Bonchev–Trinajstić information content (AvgIpc) is 2.44. The Morgan fingerprint density at radius 3 is 2.24 bits per heavy atom. The number of ether oxygens (including phenoxy) is 4. The highest BCUT2D eigenvalue weighted by Crippen LogP contribution is 2.12. The normalized spacial score (nSPS) is 10.6. The molecule has 0 atom stereocenters. The summed E-state index contributed by atoms with van der Waals surface area (Å²) in [6.07, 6.45) is 0. The number of aryl methyl sites for hydroxylation is 1. The van der Waals surface area contributed by atoms with Crippen LogP contribution >= 0.6 is 0 Å². The molecule has 6 nitrogen and oxygen atoms in total. The van der Waals surface area contributed by atoms with Crippen LogP contribution in [0.4, 0.5) is 5.69 Å². The third-order valence-corrected chi connectivity index (χ3v) is 2.60. The van der Waals surface area contributed by atoms with Crippen LogP contribution in [0.25, 0.3) is 0 Å². The summed E-state index contributed by atoms with van der Waals surface area (Å²) in [5.41, 5.74) is 7.61. The van der Waals surface area contributed by atoms with Crippen LogP contribution in [0.5, 0.6) is 0 Å². The third kappa shape index (κ3) is 7.65. The number of esters is 1. The van der Waals surface area contributed by atoms with Crippen LogP contribution in [-0.4, -0.2) is 52.7 Å². The van der Waals surface area contributed by atoms with Crippen LogP contribution < -0.4 is 5.73 Å². The smallest absolute Gasteiger partial charge is 0.338 e. The molecule has 0 bridgehead atoms. The van der Waals surface area contributed by atoms with Crippen LogP contribution in [0.15, 0.2) is 18.2 Å². The van der Waals surface area contributed by atoms with E-state index in [0.29, 0.717) is 44.3 Å². The Morgan fingerprint density at radius 2 is 1.62 bits per heavy atom. The molecule has 0 amide bonds. The molecule has 1 aromatic rings. The van der Waals surface area contributed by atoms with Crippen molar-refractivity contribution in [3.8, 4) is 0 Å². The molecule has 6 heteroatoms. The number of benzene rings is 1. The number of carbonyl (C=O) groups excluding carboxylic acids is 1. The third-order valence-electron chi connectivity index (χ3n) is 2.60. The van der Waals surface area contributed by atoms with Gasteiger partial charge in [-0.15, -0.1) is 0 Å². The first kappa shape index (κ1) is 17.4. The molecule has 0 aliphatic rings. The summed E-state index contributed by atoms with van der Waals surface area (Å²) in [7, 11) is 1.62. The van der Waals surface area contributed by atoms with Gasteiger partial charge in [0.05, 0.1) is 38.6 Å². The molecule has 1 aromatic carbocycles. The van der Waals surface area contributed by atoms with Crippen LogP contribution in [0.1, 0.15) is 15.9 Å². The molecule has 0 saturated heterocycles. The van der Waals surface area contributed by atoms with Gasteiger partial charge in [0.15, 0.2) is 0 Å². The molecule has 1 rings (SSSR count). The summed E-state index contributed by atoms with van der Waals surface area (Å²) >= 11 is 0. The summed E-state index contributed by atoms with van der Waals surface area (Å²) in [5.74, 6) is -0.398. The largest absolute Gasteiger partial charge is 0.460 e. The minimum Gasteiger partial charge on any atom is -0.460 e. The fraction of sp³-hybridized carbons (Fsp3) is 0.533. The minimum absolute atomic E-state index is 0.199. The highest BCUT2D eigenvalue weighted by molar-refractivity contribution is 5.90. The summed E-state index contributed by atoms with van der Waals surface area (Å²) in [5, 5.41) is 0. The minimum atomic E-state index is -0.398. The summed E-state index contributed by atoms with van der Waals surface area (Å²) in [6, 6.07) is 5.13. The second kappa shape index (κ2) is 10.1. The monoisotopic (exact) mass is 297 g/mol. The van der Waals surface area contributed by atoms with Gasteiger partial charge >= 0.3 is 5.97 Å². The number of rotatable bonds is 10. The second-order valence-electron chi connectivity index (χ2n) is 4.49. The molecule has 0 heterocycles. The maximum absolute atomic E-state index is 11.8. The zero-order valence-electron chi connectivity index (χ0n) is 12.6. The number of methoxy groups -OCH3 is 1. The maximum atomic E-state index is 11.8. The Bertz CT molecular complexity index is 416. The topological polar surface area (TPSA) is 80.0 Å². The lowest BCUT2D eigenvalue weighted by Crippen LogP contribution is -2.14. The van der Waals surface area contributed by atoms with E-state index < -0.39 is 5.97 Å². The zero-order chi connectivity index (χ0) is 15.5. The van der Waals surface area contributed by atoms with E-state index in [1.807, 2.05) is 6.92 Å². The van der Waals surface area contributed by atoms with Crippen molar-refractivity contribution in [1.29, 1.82) is 0 Å². The number of anilines is 1. The van der Waals surface area contributed by atoms with Gasteiger partial charge < -0.3 is 24.7 Å². The van der Waals surface area contributed by atoms with Crippen molar-refractivity contribution < 1.29 is 23.7 Å². The lowest BCUT2D eigenvalue weighted by atomic mass is 10.1. The van der Waals surface area contributed by atoms with E-state index in [9.17, 15) is 4.79 Å². The van der Waals surface area contributed by atoms with Crippen molar-refractivity contribution >= 4 is 11.7 Å². The molecule has 0 saturated carbocycles. The van der Waals surface area contributed by atoms with Gasteiger partial charge in [0.1, 0.15) is 6.61 Å². The molecule has 0 spiro atoms. The van der Waals surface area contributed by atoms with Gasteiger partial charge in [0.2, 0.25) is 0 Å². The number of nitrogen functional groups attached to an aromatic ring is 1. The van der Waals surface area contributed by atoms with Gasteiger partial charge in [-0.05, 0) is 30.7 Å². The summed E-state index contributed by atoms with van der Waals surface area (Å²) < 4.78 is 20.4. The van der Waals surface area contributed by atoms with E-state index in [1.165, 1.54) is 0 Å². The van der Waals surface area contributed by atoms with Crippen LogP contribution in [0, 0.1) is 6.92 Å². The molecule has 118 valence electrons. The standard InChI is InChI=1S/C15H23NO5/c1-12-9-13(11-14(16)10-12)15(17)21-8-7-20-6-5-19-4-3-18-2/h9-11H,3-8,16H2,1-2H3. The first-order valence-electron chi connectivity index (χ1n) is 6.82. The number of nitrogens with two attached hydrogens (primary N) is 1. The van der Waals surface area contributed by atoms with E-state index in [4.69, 9.17) is 24.7 Å². The fourth-order valence-electron chi connectivity index (χ4n) is 1.67. The highest BCUT2D eigenvalue weighted by atomic mass is 16.6. The fourth-order valence-corrected chi connectivity index (χ4v) is 1.67. The van der Waals surface area contributed by atoms with Crippen molar-refractivity contribution in [3.05, 3.63) is 29.3 Å². The van der Waals surface area contributed by atoms with E-state index in [1.54, 1.807) is 25.3 Å². The predicted octanol–water partition coefficient (Wildman–Crippen LogP) is 1.41. The molecular formula is C15H23NO5. The van der Waals surface area contributed by atoms with E-state index in [0.717, 1.165) is 5.56 Å². The molecule has 0 fully saturated rings. The van der Waals surface area contributed by atoms with Gasteiger partial charge in [0, 0.05) is 12.8 Å².